The highest BCUT2D eigenvalue weighted by molar-refractivity contribution is 9.10. The van der Waals surface area contributed by atoms with Gasteiger partial charge >= 0.3 is 0 Å². The van der Waals surface area contributed by atoms with E-state index in [2.05, 4.69) is 15.9 Å². The lowest BCUT2D eigenvalue weighted by Crippen LogP contribution is -1.99. The highest BCUT2D eigenvalue weighted by Crippen LogP contribution is 2.29. The van der Waals surface area contributed by atoms with Gasteiger partial charge in [0.25, 0.3) is 0 Å². The first-order valence-electron chi connectivity index (χ1n) is 4.83. The number of unbranched alkanes of at least 4 members (excludes halogenated alkanes) is 1. The lowest BCUT2D eigenvalue weighted by atomic mass is 10.1. The normalized spacial score (nSPS) is 10.5. The van der Waals surface area contributed by atoms with Crippen molar-refractivity contribution in [3.63, 3.8) is 0 Å². The average molecular weight is 258 g/mol. The van der Waals surface area contributed by atoms with Crippen molar-refractivity contribution in [3.05, 3.63) is 27.7 Å². The van der Waals surface area contributed by atoms with Crippen molar-refractivity contribution in [1.29, 1.82) is 0 Å². The SMILES string of the molecule is Cc1cc(CCCCN)cc(Br)c1O. The number of nitrogens with two attached hydrogens (primary N) is 1. The quantitative estimate of drug-likeness (QED) is 0.816. The maximum absolute atomic E-state index is 9.54. The maximum atomic E-state index is 9.54. The second-order valence-corrected chi connectivity index (χ2v) is 4.34. The Morgan fingerprint density at radius 2 is 2.07 bits per heavy atom. The Morgan fingerprint density at radius 3 is 2.64 bits per heavy atom. The molecule has 0 saturated carbocycles. The molecule has 2 nitrogen and oxygen atoms in total. The van der Waals surface area contributed by atoms with Crippen LogP contribution in [0.2, 0.25) is 0 Å². The van der Waals surface area contributed by atoms with Gasteiger partial charge in [0.2, 0.25) is 0 Å². The third kappa shape index (κ3) is 3.00. The second kappa shape index (κ2) is 5.37. The van der Waals surface area contributed by atoms with Crippen LogP contribution in [-0.2, 0) is 6.42 Å². The number of hydrogen-bond donors (Lipinski definition) is 2. The fraction of sp³-hybridized carbons (Fsp3) is 0.455. The molecule has 78 valence electrons. The third-order valence-electron chi connectivity index (χ3n) is 2.23. The van der Waals surface area contributed by atoms with Crippen LogP contribution in [0.5, 0.6) is 5.75 Å². The van der Waals surface area contributed by atoms with Crippen molar-refractivity contribution in [3.8, 4) is 5.75 Å². The molecular weight excluding hydrogens is 242 g/mol. The highest BCUT2D eigenvalue weighted by Gasteiger charge is 2.03. The van der Waals surface area contributed by atoms with Crippen LogP contribution in [0, 0.1) is 6.92 Å². The van der Waals surface area contributed by atoms with Gasteiger partial charge in [0.1, 0.15) is 5.75 Å². The van der Waals surface area contributed by atoms with Crippen LogP contribution in [0.15, 0.2) is 16.6 Å². The molecule has 0 bridgehead atoms. The molecule has 0 unspecified atom stereocenters. The lowest BCUT2D eigenvalue weighted by Gasteiger charge is -2.06. The summed E-state index contributed by atoms with van der Waals surface area (Å²) in [4.78, 5) is 0. The molecular formula is C11H16BrNO. The molecule has 0 radical (unpaired) electrons. The van der Waals surface area contributed by atoms with Crippen molar-refractivity contribution in [2.24, 2.45) is 5.73 Å². The van der Waals surface area contributed by atoms with Gasteiger partial charge in [0, 0.05) is 0 Å². The minimum Gasteiger partial charge on any atom is -0.506 e. The Kier molecular flexibility index (Phi) is 4.42. The highest BCUT2D eigenvalue weighted by atomic mass is 79.9. The summed E-state index contributed by atoms with van der Waals surface area (Å²) in [6.45, 7) is 2.66. The van der Waals surface area contributed by atoms with E-state index in [0.717, 1.165) is 35.8 Å². The van der Waals surface area contributed by atoms with Crippen LogP contribution in [0.25, 0.3) is 0 Å². The second-order valence-electron chi connectivity index (χ2n) is 3.49. The summed E-state index contributed by atoms with van der Waals surface area (Å²) in [6.07, 6.45) is 3.18. The van der Waals surface area contributed by atoms with E-state index in [9.17, 15) is 5.11 Å². The summed E-state index contributed by atoms with van der Waals surface area (Å²) >= 11 is 3.33. The molecule has 0 saturated heterocycles. The van der Waals surface area contributed by atoms with Crippen molar-refractivity contribution >= 4 is 15.9 Å². The van der Waals surface area contributed by atoms with Gasteiger partial charge in [-0.15, -0.1) is 0 Å². The zero-order valence-corrected chi connectivity index (χ0v) is 9.97. The molecule has 0 aliphatic carbocycles. The molecule has 0 fully saturated rings. The summed E-state index contributed by atoms with van der Waals surface area (Å²) in [5.41, 5.74) is 7.60. The molecule has 1 aromatic carbocycles. The molecule has 1 aromatic rings. The number of phenolic OH excluding ortho intramolecular Hbond substituents is 1. The first-order chi connectivity index (χ1) is 6.65. The number of halogens is 1. The number of phenols is 1. The summed E-state index contributed by atoms with van der Waals surface area (Å²) in [5, 5.41) is 9.54. The Balaban J connectivity index is 2.69. The molecule has 1 rings (SSSR count). The number of rotatable bonds is 4. The molecule has 3 heteroatoms. The van der Waals surface area contributed by atoms with Gasteiger partial charge in [-0.05, 0) is 65.9 Å². The molecule has 3 N–H and O–H groups in total. The topological polar surface area (TPSA) is 46.2 Å². The van der Waals surface area contributed by atoms with Crippen molar-refractivity contribution in [2.75, 3.05) is 6.54 Å². The zero-order valence-electron chi connectivity index (χ0n) is 8.39. The molecule has 0 heterocycles. The van der Waals surface area contributed by atoms with Gasteiger partial charge < -0.3 is 10.8 Å². The monoisotopic (exact) mass is 257 g/mol. The number of benzene rings is 1. The van der Waals surface area contributed by atoms with Gasteiger partial charge in [-0.1, -0.05) is 6.07 Å². The van der Waals surface area contributed by atoms with E-state index >= 15 is 0 Å². The molecule has 0 aromatic heterocycles. The first-order valence-corrected chi connectivity index (χ1v) is 5.62. The number of aromatic hydroxyl groups is 1. The summed E-state index contributed by atoms with van der Waals surface area (Å²) in [6, 6.07) is 4.00. The van der Waals surface area contributed by atoms with Gasteiger partial charge in [-0.2, -0.15) is 0 Å². The predicted molar refractivity (Wildman–Crippen MR) is 62.5 cm³/mol. The Labute approximate surface area is 93.3 Å². The van der Waals surface area contributed by atoms with E-state index in [4.69, 9.17) is 5.73 Å². The van der Waals surface area contributed by atoms with Crippen LogP contribution >= 0.6 is 15.9 Å². The average Bonchev–Trinajstić information content (AvgIpc) is 2.14. The van der Waals surface area contributed by atoms with E-state index in [1.54, 1.807) is 0 Å². The Hall–Kier alpha value is -0.540. The number of aryl methyl sites for hydroxylation is 2. The first kappa shape index (κ1) is 11.5. The van der Waals surface area contributed by atoms with Crippen molar-refractivity contribution in [2.45, 2.75) is 26.2 Å². The molecule has 0 aliphatic rings. The fourth-order valence-electron chi connectivity index (χ4n) is 1.43. The summed E-state index contributed by atoms with van der Waals surface area (Å²) < 4.78 is 0.778. The summed E-state index contributed by atoms with van der Waals surface area (Å²) in [5.74, 6) is 0.340. The molecule has 0 aliphatic heterocycles. The minimum atomic E-state index is 0.340. The Morgan fingerprint density at radius 1 is 1.36 bits per heavy atom. The largest absolute Gasteiger partial charge is 0.506 e. The predicted octanol–water partition coefficient (Wildman–Crippen LogP) is 2.74. The van der Waals surface area contributed by atoms with Crippen molar-refractivity contribution in [1.82, 2.24) is 0 Å². The van der Waals surface area contributed by atoms with Gasteiger partial charge in [0.15, 0.2) is 0 Å². The number of hydrogen-bond acceptors (Lipinski definition) is 2. The van der Waals surface area contributed by atoms with Crippen LogP contribution in [0.3, 0.4) is 0 Å². The van der Waals surface area contributed by atoms with Crippen LogP contribution in [-0.4, -0.2) is 11.7 Å². The lowest BCUT2D eigenvalue weighted by molar-refractivity contribution is 0.467. The maximum Gasteiger partial charge on any atom is 0.132 e. The molecule has 0 spiro atoms. The van der Waals surface area contributed by atoms with Crippen LogP contribution in [0.4, 0.5) is 0 Å². The summed E-state index contributed by atoms with van der Waals surface area (Å²) in [7, 11) is 0. The zero-order chi connectivity index (χ0) is 10.6. The molecule has 14 heavy (non-hydrogen) atoms. The van der Waals surface area contributed by atoms with E-state index in [0.29, 0.717) is 5.75 Å². The van der Waals surface area contributed by atoms with E-state index < -0.39 is 0 Å². The smallest absolute Gasteiger partial charge is 0.132 e. The Bertz CT molecular complexity index is 289. The fourth-order valence-corrected chi connectivity index (χ4v) is 2.03. The van der Waals surface area contributed by atoms with Gasteiger partial charge in [-0.3, -0.25) is 0 Å². The molecule has 0 amide bonds. The van der Waals surface area contributed by atoms with Crippen molar-refractivity contribution < 1.29 is 5.11 Å². The van der Waals surface area contributed by atoms with Crippen LogP contribution < -0.4 is 5.73 Å². The van der Waals surface area contributed by atoms with E-state index in [-0.39, 0.29) is 0 Å². The van der Waals surface area contributed by atoms with Gasteiger partial charge in [0.05, 0.1) is 4.47 Å². The minimum absolute atomic E-state index is 0.340. The standard InChI is InChI=1S/C11H16BrNO/c1-8-6-9(4-2-3-5-13)7-10(12)11(8)14/h6-7,14H,2-5,13H2,1H3. The van der Waals surface area contributed by atoms with E-state index in [1.807, 2.05) is 19.1 Å². The van der Waals surface area contributed by atoms with Crippen LogP contribution in [0.1, 0.15) is 24.0 Å². The van der Waals surface area contributed by atoms with E-state index in [1.165, 1.54) is 5.56 Å². The third-order valence-corrected chi connectivity index (χ3v) is 2.84. The molecule has 0 atom stereocenters. The van der Waals surface area contributed by atoms with Gasteiger partial charge in [-0.25, -0.2) is 0 Å².